The monoisotopic (exact) mass is 289 g/mol. The molecule has 1 heterocycles. The fraction of sp³-hybridized carbons (Fsp3) is 0.0769. The number of nitro benzene ring substituents is 1. The highest BCUT2D eigenvalue weighted by Crippen LogP contribution is 2.29. The molecule has 0 saturated carbocycles. The summed E-state index contributed by atoms with van der Waals surface area (Å²) in [6, 6.07) is 7.96. The Morgan fingerprint density at radius 1 is 1.33 bits per heavy atom. The molecule has 0 aliphatic rings. The first kappa shape index (κ1) is 14.3. The number of rotatable bonds is 4. The Morgan fingerprint density at radius 2 is 2.10 bits per heavy atom. The fourth-order valence-electron chi connectivity index (χ4n) is 1.67. The van der Waals surface area contributed by atoms with E-state index in [1.807, 2.05) is 0 Å². The summed E-state index contributed by atoms with van der Waals surface area (Å²) in [5.41, 5.74) is -0.225. The number of amides is 1. The summed E-state index contributed by atoms with van der Waals surface area (Å²) in [6.07, 6.45) is 0. The Balaban J connectivity index is 2.29. The van der Waals surface area contributed by atoms with Gasteiger partial charge in [0.25, 0.3) is 11.6 Å². The van der Waals surface area contributed by atoms with Crippen LogP contribution in [0.4, 0.5) is 11.4 Å². The van der Waals surface area contributed by atoms with Gasteiger partial charge in [-0.05, 0) is 12.1 Å². The predicted octanol–water partition coefficient (Wildman–Crippen LogP) is 1.54. The van der Waals surface area contributed by atoms with Crippen molar-refractivity contribution < 1.29 is 14.5 Å². The van der Waals surface area contributed by atoms with Crippen molar-refractivity contribution in [3.05, 3.63) is 62.6 Å². The van der Waals surface area contributed by atoms with Crippen LogP contribution in [0.15, 0.2) is 41.2 Å². The maximum Gasteiger partial charge on any atom is 0.273 e. The van der Waals surface area contributed by atoms with Crippen molar-refractivity contribution in [3.8, 4) is 5.75 Å². The predicted molar refractivity (Wildman–Crippen MR) is 74.7 cm³/mol. The highest BCUT2D eigenvalue weighted by molar-refractivity contribution is 6.03. The van der Waals surface area contributed by atoms with Crippen molar-refractivity contribution in [2.75, 3.05) is 12.4 Å². The van der Waals surface area contributed by atoms with E-state index in [1.165, 1.54) is 43.5 Å². The molecule has 0 fully saturated rings. The van der Waals surface area contributed by atoms with Crippen molar-refractivity contribution >= 4 is 17.3 Å². The van der Waals surface area contributed by atoms with Crippen molar-refractivity contribution in [2.24, 2.45) is 0 Å². The van der Waals surface area contributed by atoms with Crippen LogP contribution in [0.5, 0.6) is 5.75 Å². The molecule has 0 unspecified atom stereocenters. The van der Waals surface area contributed by atoms with Gasteiger partial charge in [-0.2, -0.15) is 0 Å². The largest absolute Gasteiger partial charge is 0.494 e. The molecule has 0 radical (unpaired) electrons. The minimum absolute atomic E-state index is 0.0721. The molecule has 0 atom stereocenters. The number of non-ortho nitro benzene ring substituents is 1. The second kappa shape index (κ2) is 5.87. The number of nitrogens with one attached hydrogen (secondary N) is 2. The zero-order valence-electron chi connectivity index (χ0n) is 11.0. The molecule has 8 nitrogen and oxygen atoms in total. The number of H-pyrrole nitrogens is 1. The summed E-state index contributed by atoms with van der Waals surface area (Å²) >= 11 is 0. The molecule has 1 amide bonds. The van der Waals surface area contributed by atoms with E-state index in [2.05, 4.69) is 10.3 Å². The van der Waals surface area contributed by atoms with Gasteiger partial charge in [-0.3, -0.25) is 19.7 Å². The van der Waals surface area contributed by atoms with Crippen LogP contribution < -0.4 is 15.6 Å². The molecule has 8 heteroatoms. The van der Waals surface area contributed by atoms with Crippen molar-refractivity contribution in [2.45, 2.75) is 0 Å². The first-order valence-corrected chi connectivity index (χ1v) is 5.84. The Labute approximate surface area is 118 Å². The molecule has 0 spiro atoms. The average molecular weight is 289 g/mol. The molecular formula is C13H11N3O5. The van der Waals surface area contributed by atoms with Gasteiger partial charge in [0, 0.05) is 12.1 Å². The van der Waals surface area contributed by atoms with Crippen LogP contribution in [0, 0.1) is 10.1 Å². The summed E-state index contributed by atoms with van der Waals surface area (Å²) < 4.78 is 5.01. The maximum atomic E-state index is 12.0. The lowest BCUT2D eigenvalue weighted by Gasteiger charge is -2.09. The SMILES string of the molecule is COc1cc([N+](=O)[O-])ccc1NC(=O)c1cccc(=O)[nH]1. The highest BCUT2D eigenvalue weighted by Gasteiger charge is 2.14. The van der Waals surface area contributed by atoms with Gasteiger partial charge in [0.2, 0.25) is 5.56 Å². The van der Waals surface area contributed by atoms with E-state index < -0.39 is 16.4 Å². The second-order valence-electron chi connectivity index (χ2n) is 4.02. The smallest absolute Gasteiger partial charge is 0.273 e. The lowest BCUT2D eigenvalue weighted by atomic mass is 10.2. The molecule has 2 aromatic rings. The number of anilines is 1. The Morgan fingerprint density at radius 3 is 2.71 bits per heavy atom. The van der Waals surface area contributed by atoms with Gasteiger partial charge < -0.3 is 15.0 Å². The third-order valence-corrected chi connectivity index (χ3v) is 2.66. The van der Waals surface area contributed by atoms with E-state index in [9.17, 15) is 19.7 Å². The molecule has 1 aromatic carbocycles. The highest BCUT2D eigenvalue weighted by atomic mass is 16.6. The zero-order chi connectivity index (χ0) is 15.4. The number of hydrogen-bond acceptors (Lipinski definition) is 5. The van der Waals surface area contributed by atoms with E-state index in [-0.39, 0.29) is 22.8 Å². The number of carbonyl (C=O) groups is 1. The van der Waals surface area contributed by atoms with Gasteiger partial charge in [0.1, 0.15) is 11.4 Å². The Kier molecular flexibility index (Phi) is 3.98. The summed E-state index contributed by atoms with van der Waals surface area (Å²) in [7, 11) is 1.33. The zero-order valence-corrected chi connectivity index (χ0v) is 11.0. The molecule has 2 rings (SSSR count). The first-order valence-electron chi connectivity index (χ1n) is 5.84. The number of pyridine rings is 1. The summed E-state index contributed by atoms with van der Waals surface area (Å²) in [6.45, 7) is 0. The van der Waals surface area contributed by atoms with E-state index in [0.717, 1.165) is 0 Å². The van der Waals surface area contributed by atoms with Crippen LogP contribution in [-0.2, 0) is 0 Å². The van der Waals surface area contributed by atoms with E-state index in [4.69, 9.17) is 4.74 Å². The fourth-order valence-corrected chi connectivity index (χ4v) is 1.67. The first-order chi connectivity index (χ1) is 10.0. The summed E-state index contributed by atoms with van der Waals surface area (Å²) in [5.74, 6) is -0.407. The van der Waals surface area contributed by atoms with Gasteiger partial charge in [0.05, 0.1) is 23.8 Å². The van der Waals surface area contributed by atoms with E-state index in [1.54, 1.807) is 0 Å². The maximum absolute atomic E-state index is 12.0. The lowest BCUT2D eigenvalue weighted by molar-refractivity contribution is -0.384. The quantitative estimate of drug-likeness (QED) is 0.654. The van der Waals surface area contributed by atoms with Crippen molar-refractivity contribution in [1.82, 2.24) is 4.98 Å². The standard InChI is InChI=1S/C13H11N3O5/c1-21-11-7-8(16(19)20)5-6-9(11)15-13(18)10-3-2-4-12(17)14-10/h2-7H,1H3,(H,14,17)(H,15,18). The summed E-state index contributed by atoms with van der Waals surface area (Å²) in [4.78, 5) is 35.6. The van der Waals surface area contributed by atoms with Crippen molar-refractivity contribution in [3.63, 3.8) is 0 Å². The van der Waals surface area contributed by atoms with Crippen LogP contribution in [0.3, 0.4) is 0 Å². The number of nitro groups is 1. The lowest BCUT2D eigenvalue weighted by Crippen LogP contribution is -2.18. The third-order valence-electron chi connectivity index (χ3n) is 2.66. The second-order valence-corrected chi connectivity index (χ2v) is 4.02. The number of hydrogen-bond donors (Lipinski definition) is 2. The number of carbonyl (C=O) groups excluding carboxylic acids is 1. The van der Waals surface area contributed by atoms with Gasteiger partial charge >= 0.3 is 0 Å². The van der Waals surface area contributed by atoms with Crippen LogP contribution in [-0.4, -0.2) is 22.9 Å². The minimum Gasteiger partial charge on any atom is -0.494 e. The number of nitrogens with zero attached hydrogens (tertiary/aromatic N) is 1. The topological polar surface area (TPSA) is 114 Å². The molecule has 21 heavy (non-hydrogen) atoms. The number of ether oxygens (including phenoxy) is 1. The Bertz CT molecular complexity index is 753. The number of aromatic nitrogens is 1. The van der Waals surface area contributed by atoms with E-state index in [0.29, 0.717) is 0 Å². The van der Waals surface area contributed by atoms with Gasteiger partial charge in [0.15, 0.2) is 0 Å². The van der Waals surface area contributed by atoms with Gasteiger partial charge in [-0.25, -0.2) is 0 Å². The minimum atomic E-state index is -0.567. The normalized spacial score (nSPS) is 9.95. The van der Waals surface area contributed by atoms with Gasteiger partial charge in [-0.1, -0.05) is 6.07 Å². The molecule has 108 valence electrons. The average Bonchev–Trinajstić information content (AvgIpc) is 2.47. The molecule has 0 bridgehead atoms. The molecule has 0 saturated heterocycles. The molecule has 0 aliphatic carbocycles. The van der Waals surface area contributed by atoms with E-state index >= 15 is 0 Å². The summed E-state index contributed by atoms with van der Waals surface area (Å²) in [5, 5.41) is 13.2. The van der Waals surface area contributed by atoms with Crippen LogP contribution >= 0.6 is 0 Å². The third kappa shape index (κ3) is 3.24. The van der Waals surface area contributed by atoms with Crippen LogP contribution in [0.25, 0.3) is 0 Å². The molecule has 1 aromatic heterocycles. The van der Waals surface area contributed by atoms with Crippen molar-refractivity contribution in [1.29, 1.82) is 0 Å². The van der Waals surface area contributed by atoms with Gasteiger partial charge in [-0.15, -0.1) is 0 Å². The van der Waals surface area contributed by atoms with Crippen LogP contribution in [0.2, 0.25) is 0 Å². The number of benzene rings is 1. The Hall–Kier alpha value is -3.16. The number of aromatic amines is 1. The molecule has 2 N–H and O–H groups in total. The molecule has 0 aliphatic heterocycles. The van der Waals surface area contributed by atoms with Crippen LogP contribution in [0.1, 0.15) is 10.5 Å². The number of methoxy groups -OCH3 is 1. The molecular weight excluding hydrogens is 278 g/mol.